The Labute approximate surface area is 131 Å². The standard InChI is InChI=1S/C18H22N4/c1-22-17-9-3-2-8-16(17)21-18(22)10-5-11-20-13-14-6-4-7-15(19)12-14/h2-4,6-9,12,20H,5,10-11,13,19H2,1H3. The first-order chi connectivity index (χ1) is 10.7. The molecule has 1 aromatic heterocycles. The monoisotopic (exact) mass is 294 g/mol. The first kappa shape index (κ1) is 14.6. The molecule has 0 atom stereocenters. The van der Waals surface area contributed by atoms with E-state index in [4.69, 9.17) is 10.7 Å². The molecule has 22 heavy (non-hydrogen) atoms. The zero-order valence-corrected chi connectivity index (χ0v) is 12.9. The Hall–Kier alpha value is -2.33. The van der Waals surface area contributed by atoms with Crippen LogP contribution in [-0.4, -0.2) is 16.1 Å². The molecule has 0 aliphatic carbocycles. The number of rotatable bonds is 6. The maximum Gasteiger partial charge on any atom is 0.109 e. The lowest BCUT2D eigenvalue weighted by Crippen LogP contribution is -2.16. The van der Waals surface area contributed by atoms with Crippen LogP contribution < -0.4 is 11.1 Å². The second-order valence-corrected chi connectivity index (χ2v) is 5.60. The quantitative estimate of drug-likeness (QED) is 0.543. The Morgan fingerprint density at radius 2 is 2.00 bits per heavy atom. The number of para-hydroxylation sites is 2. The summed E-state index contributed by atoms with van der Waals surface area (Å²) in [7, 11) is 2.09. The molecule has 0 unspecified atom stereocenters. The zero-order chi connectivity index (χ0) is 15.4. The van der Waals surface area contributed by atoms with Crippen LogP contribution in [0.2, 0.25) is 0 Å². The van der Waals surface area contributed by atoms with Crippen LogP contribution in [0.1, 0.15) is 17.8 Å². The molecule has 0 radical (unpaired) electrons. The summed E-state index contributed by atoms with van der Waals surface area (Å²) in [6.07, 6.45) is 2.05. The van der Waals surface area contributed by atoms with Gasteiger partial charge in [0.05, 0.1) is 11.0 Å². The van der Waals surface area contributed by atoms with Crippen molar-refractivity contribution in [2.24, 2.45) is 7.05 Å². The van der Waals surface area contributed by atoms with Crippen molar-refractivity contribution in [1.82, 2.24) is 14.9 Å². The number of aromatic nitrogens is 2. The van der Waals surface area contributed by atoms with E-state index in [1.54, 1.807) is 0 Å². The lowest BCUT2D eigenvalue weighted by Gasteiger charge is -2.06. The number of nitrogens with one attached hydrogen (secondary N) is 1. The number of fused-ring (bicyclic) bond motifs is 1. The molecule has 3 rings (SSSR count). The van der Waals surface area contributed by atoms with Gasteiger partial charge < -0.3 is 15.6 Å². The predicted octanol–water partition coefficient (Wildman–Crippen LogP) is 2.88. The summed E-state index contributed by atoms with van der Waals surface area (Å²) >= 11 is 0. The summed E-state index contributed by atoms with van der Waals surface area (Å²) in [5.41, 5.74) is 10.1. The SMILES string of the molecule is Cn1c(CCCNCc2cccc(N)c2)nc2ccccc21. The number of hydrogen-bond donors (Lipinski definition) is 2. The number of nitrogen functional groups attached to an aromatic ring is 1. The molecule has 2 aromatic carbocycles. The molecule has 0 saturated heterocycles. The Kier molecular flexibility index (Phi) is 4.39. The summed E-state index contributed by atoms with van der Waals surface area (Å²) in [5, 5.41) is 3.46. The molecule has 0 saturated carbocycles. The van der Waals surface area contributed by atoms with Crippen molar-refractivity contribution in [3.8, 4) is 0 Å². The third-order valence-corrected chi connectivity index (χ3v) is 3.91. The lowest BCUT2D eigenvalue weighted by molar-refractivity contribution is 0.631. The maximum absolute atomic E-state index is 5.78. The Balaban J connectivity index is 1.49. The highest BCUT2D eigenvalue weighted by molar-refractivity contribution is 5.75. The van der Waals surface area contributed by atoms with Gasteiger partial charge in [-0.15, -0.1) is 0 Å². The van der Waals surface area contributed by atoms with E-state index >= 15 is 0 Å². The van der Waals surface area contributed by atoms with Crippen LogP contribution in [0.3, 0.4) is 0 Å². The number of nitrogens with two attached hydrogens (primary N) is 1. The van der Waals surface area contributed by atoms with Gasteiger partial charge in [-0.25, -0.2) is 4.98 Å². The smallest absolute Gasteiger partial charge is 0.109 e. The highest BCUT2D eigenvalue weighted by Gasteiger charge is 2.06. The second-order valence-electron chi connectivity index (χ2n) is 5.60. The van der Waals surface area contributed by atoms with Crippen LogP contribution >= 0.6 is 0 Å². The van der Waals surface area contributed by atoms with Crippen LogP contribution in [0, 0.1) is 0 Å². The van der Waals surface area contributed by atoms with E-state index in [9.17, 15) is 0 Å². The largest absolute Gasteiger partial charge is 0.399 e. The van der Waals surface area contributed by atoms with Crippen molar-refractivity contribution in [1.29, 1.82) is 0 Å². The van der Waals surface area contributed by atoms with E-state index in [-0.39, 0.29) is 0 Å². The number of hydrogen-bond acceptors (Lipinski definition) is 3. The van der Waals surface area contributed by atoms with Gasteiger partial charge in [0.15, 0.2) is 0 Å². The number of aryl methyl sites for hydroxylation is 2. The molecule has 0 aliphatic heterocycles. The summed E-state index contributed by atoms with van der Waals surface area (Å²) in [5.74, 6) is 1.15. The van der Waals surface area contributed by atoms with Crippen molar-refractivity contribution >= 4 is 16.7 Å². The van der Waals surface area contributed by atoms with Crippen LogP contribution in [-0.2, 0) is 20.0 Å². The molecule has 0 aliphatic rings. The molecule has 0 amide bonds. The van der Waals surface area contributed by atoms with E-state index in [1.165, 1.54) is 11.1 Å². The summed E-state index contributed by atoms with van der Waals surface area (Å²) < 4.78 is 2.19. The Bertz CT molecular complexity index is 761. The second kappa shape index (κ2) is 6.62. The molecule has 3 aromatic rings. The minimum Gasteiger partial charge on any atom is -0.399 e. The van der Waals surface area contributed by atoms with Crippen molar-refractivity contribution in [2.45, 2.75) is 19.4 Å². The highest BCUT2D eigenvalue weighted by atomic mass is 15.1. The zero-order valence-electron chi connectivity index (χ0n) is 12.9. The average molecular weight is 294 g/mol. The average Bonchev–Trinajstić information content (AvgIpc) is 2.84. The maximum atomic E-state index is 5.78. The molecule has 0 spiro atoms. The van der Waals surface area contributed by atoms with Gasteiger partial charge in [-0.2, -0.15) is 0 Å². The van der Waals surface area contributed by atoms with Crippen molar-refractivity contribution in [3.05, 3.63) is 59.9 Å². The molecule has 114 valence electrons. The minimum absolute atomic E-state index is 0.819. The van der Waals surface area contributed by atoms with Crippen LogP contribution in [0.5, 0.6) is 0 Å². The molecular formula is C18H22N4. The first-order valence-electron chi connectivity index (χ1n) is 7.69. The summed E-state index contributed by atoms with van der Waals surface area (Å²) in [6, 6.07) is 16.3. The fourth-order valence-electron chi connectivity index (χ4n) is 2.73. The molecule has 4 nitrogen and oxygen atoms in total. The van der Waals surface area contributed by atoms with Crippen molar-refractivity contribution < 1.29 is 0 Å². The van der Waals surface area contributed by atoms with E-state index < -0.39 is 0 Å². The summed E-state index contributed by atoms with van der Waals surface area (Å²) in [4.78, 5) is 4.70. The molecule has 0 bridgehead atoms. The molecule has 1 heterocycles. The van der Waals surface area contributed by atoms with E-state index in [2.05, 4.69) is 41.2 Å². The van der Waals surface area contributed by atoms with Gasteiger partial charge in [-0.1, -0.05) is 24.3 Å². The van der Waals surface area contributed by atoms with Crippen molar-refractivity contribution in [2.75, 3.05) is 12.3 Å². The molecular weight excluding hydrogens is 272 g/mol. The van der Waals surface area contributed by atoms with Gasteiger partial charge in [0, 0.05) is 25.7 Å². The molecule has 4 heteroatoms. The Morgan fingerprint density at radius 1 is 1.14 bits per heavy atom. The number of imidazole rings is 1. The number of anilines is 1. The predicted molar refractivity (Wildman–Crippen MR) is 91.6 cm³/mol. The van der Waals surface area contributed by atoms with Crippen molar-refractivity contribution in [3.63, 3.8) is 0 Å². The highest BCUT2D eigenvalue weighted by Crippen LogP contribution is 2.15. The third-order valence-electron chi connectivity index (χ3n) is 3.91. The topological polar surface area (TPSA) is 55.9 Å². The lowest BCUT2D eigenvalue weighted by atomic mass is 10.2. The van der Waals surface area contributed by atoms with Crippen LogP contribution in [0.25, 0.3) is 11.0 Å². The van der Waals surface area contributed by atoms with Crippen LogP contribution in [0.15, 0.2) is 48.5 Å². The first-order valence-corrected chi connectivity index (χ1v) is 7.69. The van der Waals surface area contributed by atoms with Crippen LogP contribution in [0.4, 0.5) is 5.69 Å². The van der Waals surface area contributed by atoms with Gasteiger partial charge in [0.1, 0.15) is 5.82 Å². The fourth-order valence-corrected chi connectivity index (χ4v) is 2.73. The fraction of sp³-hybridized carbons (Fsp3) is 0.278. The summed E-state index contributed by atoms with van der Waals surface area (Å²) in [6.45, 7) is 1.82. The van der Waals surface area contributed by atoms with Gasteiger partial charge in [0.2, 0.25) is 0 Å². The number of nitrogens with zero attached hydrogens (tertiary/aromatic N) is 2. The molecule has 0 fully saturated rings. The third kappa shape index (κ3) is 3.28. The van der Waals surface area contributed by atoms with Gasteiger partial charge in [-0.3, -0.25) is 0 Å². The number of benzene rings is 2. The normalized spacial score (nSPS) is 11.1. The van der Waals surface area contributed by atoms with Gasteiger partial charge in [0.25, 0.3) is 0 Å². The van der Waals surface area contributed by atoms with Gasteiger partial charge in [-0.05, 0) is 42.8 Å². The van der Waals surface area contributed by atoms with E-state index in [1.807, 2.05) is 24.3 Å². The van der Waals surface area contributed by atoms with E-state index in [0.717, 1.165) is 43.0 Å². The molecule has 3 N–H and O–H groups in total. The minimum atomic E-state index is 0.819. The Morgan fingerprint density at radius 3 is 2.82 bits per heavy atom. The van der Waals surface area contributed by atoms with E-state index in [0.29, 0.717) is 0 Å². The van der Waals surface area contributed by atoms with Gasteiger partial charge >= 0.3 is 0 Å².